The van der Waals surface area contributed by atoms with Crippen LogP contribution in [0.4, 0.5) is 10.5 Å². The fraction of sp³-hybridized carbons (Fsp3) is 0.364. The molecule has 2 atom stereocenters. The van der Waals surface area contributed by atoms with Crippen LogP contribution < -0.4 is 16.4 Å². The highest BCUT2D eigenvalue weighted by molar-refractivity contribution is 5.97. The average Bonchev–Trinajstić information content (AvgIpc) is 3.12. The standard InChI is InChI=1S/C22H28N4O2.ClH/c1-15(2)24-22(28)25-19-10-6-9-17(11-19)21(27)26-13-18(12-23)20(14-26)16-7-4-3-5-8-16;/h3-11,15,18,20H,12-14,23H2,1-2H3,(H2,24,25,28);1H/t18-,20+;/m1./s1. The maximum atomic E-state index is 13.1. The summed E-state index contributed by atoms with van der Waals surface area (Å²) in [5, 5.41) is 5.55. The fourth-order valence-corrected chi connectivity index (χ4v) is 3.70. The van der Waals surface area contributed by atoms with Crippen LogP contribution in [0.25, 0.3) is 0 Å². The number of nitrogens with zero attached hydrogens (tertiary/aromatic N) is 1. The molecule has 156 valence electrons. The van der Waals surface area contributed by atoms with E-state index in [9.17, 15) is 9.59 Å². The number of nitrogens with two attached hydrogens (primary N) is 1. The lowest BCUT2D eigenvalue weighted by Crippen LogP contribution is -2.34. The predicted octanol–water partition coefficient (Wildman–Crippen LogP) is 3.45. The van der Waals surface area contributed by atoms with E-state index in [0.717, 1.165) is 0 Å². The molecule has 7 heteroatoms. The van der Waals surface area contributed by atoms with Gasteiger partial charge in [-0.05, 0) is 50.1 Å². The van der Waals surface area contributed by atoms with Crippen molar-refractivity contribution in [3.63, 3.8) is 0 Å². The van der Waals surface area contributed by atoms with E-state index in [-0.39, 0.29) is 42.2 Å². The van der Waals surface area contributed by atoms with Gasteiger partial charge in [-0.2, -0.15) is 0 Å². The number of carbonyl (C=O) groups is 2. The Morgan fingerprint density at radius 2 is 1.83 bits per heavy atom. The van der Waals surface area contributed by atoms with Crippen molar-refractivity contribution >= 4 is 30.0 Å². The Morgan fingerprint density at radius 1 is 1.10 bits per heavy atom. The Kier molecular flexibility index (Phi) is 8.05. The van der Waals surface area contributed by atoms with Crippen LogP contribution in [0.3, 0.4) is 0 Å². The molecule has 2 aromatic rings. The predicted molar refractivity (Wildman–Crippen MR) is 119 cm³/mol. The number of anilines is 1. The molecule has 0 radical (unpaired) electrons. The summed E-state index contributed by atoms with van der Waals surface area (Å²) in [6.45, 7) is 5.62. The Labute approximate surface area is 178 Å². The summed E-state index contributed by atoms with van der Waals surface area (Å²) in [5.41, 5.74) is 8.36. The van der Waals surface area contributed by atoms with Crippen molar-refractivity contribution in [2.24, 2.45) is 11.7 Å². The molecular formula is C22H29ClN4O2. The zero-order valence-electron chi connectivity index (χ0n) is 16.8. The van der Waals surface area contributed by atoms with E-state index >= 15 is 0 Å². The highest BCUT2D eigenvalue weighted by atomic mass is 35.5. The molecule has 1 saturated heterocycles. The van der Waals surface area contributed by atoms with Gasteiger partial charge in [0.15, 0.2) is 0 Å². The van der Waals surface area contributed by atoms with Crippen LogP contribution in [-0.2, 0) is 0 Å². The SMILES string of the molecule is CC(C)NC(=O)Nc1cccc(C(=O)N2C[C@@H](CN)[C@H](c3ccccc3)C2)c1.Cl. The van der Waals surface area contributed by atoms with E-state index in [1.54, 1.807) is 24.3 Å². The van der Waals surface area contributed by atoms with E-state index in [1.807, 2.05) is 36.9 Å². The summed E-state index contributed by atoms with van der Waals surface area (Å²) in [4.78, 5) is 26.8. The molecule has 1 aliphatic heterocycles. The second-order valence-electron chi connectivity index (χ2n) is 7.56. The van der Waals surface area contributed by atoms with Crippen molar-refractivity contribution in [3.05, 3.63) is 65.7 Å². The molecule has 1 heterocycles. The number of rotatable bonds is 5. The third-order valence-corrected chi connectivity index (χ3v) is 5.05. The topological polar surface area (TPSA) is 87.5 Å². The van der Waals surface area contributed by atoms with Gasteiger partial charge in [-0.3, -0.25) is 4.79 Å². The van der Waals surface area contributed by atoms with E-state index in [4.69, 9.17) is 5.73 Å². The molecule has 0 bridgehead atoms. The van der Waals surface area contributed by atoms with Gasteiger partial charge in [0.25, 0.3) is 5.91 Å². The average molecular weight is 417 g/mol. The molecule has 6 nitrogen and oxygen atoms in total. The van der Waals surface area contributed by atoms with Crippen LogP contribution in [0.15, 0.2) is 54.6 Å². The molecule has 4 N–H and O–H groups in total. The molecular weight excluding hydrogens is 388 g/mol. The van der Waals surface area contributed by atoms with Gasteiger partial charge in [0, 0.05) is 36.3 Å². The summed E-state index contributed by atoms with van der Waals surface area (Å²) in [6, 6.07) is 17.0. The molecule has 0 aromatic heterocycles. The minimum atomic E-state index is -0.284. The Balaban J connectivity index is 0.00000300. The summed E-state index contributed by atoms with van der Waals surface area (Å²) in [6.07, 6.45) is 0. The summed E-state index contributed by atoms with van der Waals surface area (Å²) < 4.78 is 0. The van der Waals surface area contributed by atoms with Crippen molar-refractivity contribution in [3.8, 4) is 0 Å². The lowest BCUT2D eigenvalue weighted by molar-refractivity contribution is 0.0786. The van der Waals surface area contributed by atoms with Crippen molar-refractivity contribution < 1.29 is 9.59 Å². The number of benzene rings is 2. The quantitative estimate of drug-likeness (QED) is 0.697. The number of urea groups is 1. The number of amides is 3. The zero-order chi connectivity index (χ0) is 20.1. The first-order chi connectivity index (χ1) is 13.5. The third kappa shape index (κ3) is 5.71. The Bertz CT molecular complexity index is 829. The first-order valence-corrected chi connectivity index (χ1v) is 9.69. The fourth-order valence-electron chi connectivity index (χ4n) is 3.70. The molecule has 0 saturated carbocycles. The van der Waals surface area contributed by atoms with Gasteiger partial charge >= 0.3 is 6.03 Å². The zero-order valence-corrected chi connectivity index (χ0v) is 17.6. The van der Waals surface area contributed by atoms with Gasteiger partial charge in [-0.25, -0.2) is 4.79 Å². The largest absolute Gasteiger partial charge is 0.338 e. The number of carbonyl (C=O) groups excluding carboxylic acids is 2. The van der Waals surface area contributed by atoms with Crippen molar-refractivity contribution in [1.29, 1.82) is 0 Å². The molecule has 0 aliphatic carbocycles. The van der Waals surface area contributed by atoms with Gasteiger partial charge in [0.2, 0.25) is 0 Å². The van der Waals surface area contributed by atoms with E-state index in [1.165, 1.54) is 5.56 Å². The normalized spacial score (nSPS) is 18.3. The molecule has 3 rings (SSSR count). The smallest absolute Gasteiger partial charge is 0.319 e. The molecule has 1 aliphatic rings. The first-order valence-electron chi connectivity index (χ1n) is 9.69. The lowest BCUT2D eigenvalue weighted by Gasteiger charge is -2.17. The molecule has 2 aromatic carbocycles. The molecule has 29 heavy (non-hydrogen) atoms. The van der Waals surface area contributed by atoms with Crippen LogP contribution in [-0.4, -0.2) is 42.5 Å². The van der Waals surface area contributed by atoms with Gasteiger partial charge in [-0.1, -0.05) is 36.4 Å². The summed E-state index contributed by atoms with van der Waals surface area (Å²) in [5.74, 6) is 0.447. The molecule has 1 fully saturated rings. The van der Waals surface area contributed by atoms with Crippen LogP contribution in [0.1, 0.15) is 35.7 Å². The van der Waals surface area contributed by atoms with Crippen LogP contribution in [0, 0.1) is 5.92 Å². The van der Waals surface area contributed by atoms with Gasteiger partial charge in [0.1, 0.15) is 0 Å². The van der Waals surface area contributed by atoms with Crippen molar-refractivity contribution in [1.82, 2.24) is 10.2 Å². The number of nitrogens with one attached hydrogen (secondary N) is 2. The molecule has 3 amide bonds. The van der Waals surface area contributed by atoms with E-state index < -0.39 is 0 Å². The highest BCUT2D eigenvalue weighted by Gasteiger charge is 2.35. The van der Waals surface area contributed by atoms with E-state index in [0.29, 0.717) is 30.9 Å². The second kappa shape index (κ2) is 10.3. The number of likely N-dealkylation sites (tertiary alicyclic amines) is 1. The van der Waals surface area contributed by atoms with Crippen LogP contribution in [0.2, 0.25) is 0 Å². The number of hydrogen-bond acceptors (Lipinski definition) is 3. The first kappa shape index (κ1) is 22.7. The monoisotopic (exact) mass is 416 g/mol. The van der Waals surface area contributed by atoms with E-state index in [2.05, 4.69) is 22.8 Å². The maximum absolute atomic E-state index is 13.1. The third-order valence-electron chi connectivity index (χ3n) is 5.05. The minimum absolute atomic E-state index is 0. The van der Waals surface area contributed by atoms with Crippen molar-refractivity contribution in [2.75, 3.05) is 25.0 Å². The molecule has 0 spiro atoms. The van der Waals surface area contributed by atoms with Crippen LogP contribution >= 0.6 is 12.4 Å². The lowest BCUT2D eigenvalue weighted by atomic mass is 9.89. The highest BCUT2D eigenvalue weighted by Crippen LogP contribution is 2.33. The Morgan fingerprint density at radius 3 is 2.48 bits per heavy atom. The Hall–Kier alpha value is -2.57. The minimum Gasteiger partial charge on any atom is -0.338 e. The van der Waals surface area contributed by atoms with Gasteiger partial charge in [-0.15, -0.1) is 12.4 Å². The summed E-state index contributed by atoms with van der Waals surface area (Å²) in [7, 11) is 0. The van der Waals surface area contributed by atoms with Gasteiger partial charge < -0.3 is 21.3 Å². The number of hydrogen-bond donors (Lipinski definition) is 3. The maximum Gasteiger partial charge on any atom is 0.319 e. The second-order valence-corrected chi connectivity index (χ2v) is 7.56. The summed E-state index contributed by atoms with van der Waals surface area (Å²) >= 11 is 0. The number of halogens is 1. The molecule has 0 unspecified atom stereocenters. The van der Waals surface area contributed by atoms with Gasteiger partial charge in [0.05, 0.1) is 0 Å². The van der Waals surface area contributed by atoms with Crippen molar-refractivity contribution in [2.45, 2.75) is 25.8 Å². The van der Waals surface area contributed by atoms with Crippen LogP contribution in [0.5, 0.6) is 0 Å².